The Bertz CT molecular complexity index is 752. The molecular formula is C20H20N2. The maximum Gasteiger partial charge on any atom is 0.0859 e. The number of azo groups is 1. The highest BCUT2D eigenvalue weighted by Gasteiger charge is 2.13. The first-order valence-corrected chi connectivity index (χ1v) is 7.62. The third-order valence-electron chi connectivity index (χ3n) is 4.07. The van der Waals surface area contributed by atoms with Crippen molar-refractivity contribution < 1.29 is 0 Å². The summed E-state index contributed by atoms with van der Waals surface area (Å²) in [5.41, 5.74) is 7.65. The quantitative estimate of drug-likeness (QED) is 0.608. The predicted molar refractivity (Wildman–Crippen MR) is 92.1 cm³/mol. The molecule has 2 aromatic carbocycles. The fraction of sp³-hybridized carbons (Fsp3) is 0.200. The van der Waals surface area contributed by atoms with Crippen molar-refractivity contribution in [2.75, 3.05) is 0 Å². The molecule has 0 N–H and O–H groups in total. The van der Waals surface area contributed by atoms with Gasteiger partial charge in [0.15, 0.2) is 0 Å². The van der Waals surface area contributed by atoms with Gasteiger partial charge in [-0.15, -0.1) is 0 Å². The number of nitrogens with zero attached hydrogens (tertiary/aromatic N) is 2. The third kappa shape index (κ3) is 3.22. The van der Waals surface area contributed by atoms with Gasteiger partial charge in [0, 0.05) is 0 Å². The Morgan fingerprint density at radius 2 is 1.64 bits per heavy atom. The molecule has 1 aliphatic rings. The van der Waals surface area contributed by atoms with Crippen LogP contribution in [0.3, 0.4) is 0 Å². The number of rotatable bonds is 4. The van der Waals surface area contributed by atoms with Crippen LogP contribution in [0.15, 0.2) is 82.0 Å². The summed E-state index contributed by atoms with van der Waals surface area (Å²) in [5.74, 6) is 0. The van der Waals surface area contributed by atoms with Crippen molar-refractivity contribution >= 4 is 11.3 Å². The van der Waals surface area contributed by atoms with Crippen molar-refractivity contribution in [2.24, 2.45) is 10.2 Å². The first-order valence-electron chi connectivity index (χ1n) is 7.62. The van der Waals surface area contributed by atoms with Gasteiger partial charge in [0.25, 0.3) is 0 Å². The van der Waals surface area contributed by atoms with E-state index < -0.39 is 0 Å². The third-order valence-corrected chi connectivity index (χ3v) is 4.07. The van der Waals surface area contributed by atoms with E-state index in [4.69, 9.17) is 0 Å². The van der Waals surface area contributed by atoms with Crippen molar-refractivity contribution in [1.29, 1.82) is 0 Å². The molecule has 0 fully saturated rings. The molecule has 2 aromatic rings. The van der Waals surface area contributed by atoms with Crippen molar-refractivity contribution in [2.45, 2.75) is 26.8 Å². The molecule has 0 amide bonds. The molecule has 0 bridgehead atoms. The minimum atomic E-state index is 0.612. The fourth-order valence-electron chi connectivity index (χ4n) is 2.69. The summed E-state index contributed by atoms with van der Waals surface area (Å²) in [6.45, 7) is 5.00. The lowest BCUT2D eigenvalue weighted by atomic mass is 9.98. The average molecular weight is 288 g/mol. The summed E-state index contributed by atoms with van der Waals surface area (Å²) in [5, 5.41) is 8.66. The first kappa shape index (κ1) is 14.5. The van der Waals surface area contributed by atoms with Gasteiger partial charge in [-0.2, -0.15) is 10.2 Å². The summed E-state index contributed by atoms with van der Waals surface area (Å²) < 4.78 is 0. The van der Waals surface area contributed by atoms with Crippen LogP contribution in [-0.4, -0.2) is 0 Å². The van der Waals surface area contributed by atoms with E-state index in [1.807, 2.05) is 30.3 Å². The second-order valence-electron chi connectivity index (χ2n) is 5.70. The fourth-order valence-corrected chi connectivity index (χ4v) is 2.69. The maximum atomic E-state index is 4.37. The Kier molecular flexibility index (Phi) is 4.29. The van der Waals surface area contributed by atoms with Crippen molar-refractivity contribution in [1.82, 2.24) is 0 Å². The van der Waals surface area contributed by atoms with Crippen LogP contribution in [-0.2, 0) is 6.54 Å². The first-order chi connectivity index (χ1) is 10.7. The molecule has 0 radical (unpaired) electrons. The van der Waals surface area contributed by atoms with Gasteiger partial charge in [-0.05, 0) is 49.1 Å². The molecule has 0 saturated heterocycles. The van der Waals surface area contributed by atoms with Crippen LogP contribution in [0.4, 0.5) is 5.69 Å². The van der Waals surface area contributed by atoms with Crippen LogP contribution in [0, 0.1) is 0 Å². The Balaban J connectivity index is 1.78. The van der Waals surface area contributed by atoms with Gasteiger partial charge in [0.05, 0.1) is 12.2 Å². The van der Waals surface area contributed by atoms with Crippen LogP contribution in [0.1, 0.15) is 31.4 Å². The van der Waals surface area contributed by atoms with Crippen LogP contribution in [0.5, 0.6) is 0 Å². The van der Waals surface area contributed by atoms with Crippen molar-refractivity contribution in [3.05, 3.63) is 82.9 Å². The van der Waals surface area contributed by atoms with Gasteiger partial charge >= 0.3 is 0 Å². The summed E-state index contributed by atoms with van der Waals surface area (Å²) in [4.78, 5) is 0. The molecule has 2 heteroatoms. The molecule has 0 spiro atoms. The van der Waals surface area contributed by atoms with Gasteiger partial charge in [0.2, 0.25) is 0 Å². The Morgan fingerprint density at radius 3 is 2.36 bits per heavy atom. The molecule has 0 aromatic heterocycles. The highest BCUT2D eigenvalue weighted by Crippen LogP contribution is 2.33. The molecular weight excluding hydrogens is 268 g/mol. The zero-order chi connectivity index (χ0) is 15.4. The van der Waals surface area contributed by atoms with E-state index >= 15 is 0 Å². The zero-order valence-electron chi connectivity index (χ0n) is 13.1. The number of benzene rings is 2. The molecule has 1 aliphatic carbocycles. The molecule has 0 aliphatic heterocycles. The lowest BCUT2D eigenvalue weighted by Crippen LogP contribution is -1.91. The molecule has 110 valence electrons. The van der Waals surface area contributed by atoms with Gasteiger partial charge in [-0.25, -0.2) is 0 Å². The molecule has 0 heterocycles. The second kappa shape index (κ2) is 6.52. The minimum Gasteiger partial charge on any atom is -0.184 e. The Labute approximate surface area is 131 Å². The van der Waals surface area contributed by atoms with Crippen molar-refractivity contribution in [3.8, 4) is 0 Å². The van der Waals surface area contributed by atoms with E-state index in [1.165, 1.54) is 27.8 Å². The SMILES string of the molecule is CC1=C(C)CC(c2ccccc2CN=Nc2ccccc2)=C1. The monoisotopic (exact) mass is 288 g/mol. The molecule has 0 unspecified atom stereocenters. The van der Waals surface area contributed by atoms with E-state index in [2.05, 4.69) is 54.4 Å². The minimum absolute atomic E-state index is 0.612. The predicted octanol–water partition coefficient (Wildman–Crippen LogP) is 6.09. The zero-order valence-corrected chi connectivity index (χ0v) is 13.1. The normalized spacial score (nSPS) is 14.7. The highest BCUT2D eigenvalue weighted by molar-refractivity contribution is 5.75. The number of hydrogen-bond donors (Lipinski definition) is 0. The topological polar surface area (TPSA) is 24.7 Å². The molecule has 0 saturated carbocycles. The largest absolute Gasteiger partial charge is 0.184 e. The van der Waals surface area contributed by atoms with E-state index in [-0.39, 0.29) is 0 Å². The van der Waals surface area contributed by atoms with E-state index in [0.29, 0.717) is 6.54 Å². The van der Waals surface area contributed by atoms with Gasteiger partial charge in [-0.3, -0.25) is 0 Å². The summed E-state index contributed by atoms with van der Waals surface area (Å²) >= 11 is 0. The summed E-state index contributed by atoms with van der Waals surface area (Å²) in [6, 6.07) is 18.4. The van der Waals surface area contributed by atoms with Crippen LogP contribution >= 0.6 is 0 Å². The average Bonchev–Trinajstić information content (AvgIpc) is 2.88. The number of hydrogen-bond acceptors (Lipinski definition) is 2. The van der Waals surface area contributed by atoms with E-state index in [0.717, 1.165) is 12.1 Å². The lowest BCUT2D eigenvalue weighted by molar-refractivity contribution is 0.954. The van der Waals surface area contributed by atoms with Crippen molar-refractivity contribution in [3.63, 3.8) is 0 Å². The molecule has 0 atom stereocenters. The number of allylic oxidation sites excluding steroid dienone is 4. The molecule has 3 rings (SSSR count). The van der Waals surface area contributed by atoms with Crippen LogP contribution < -0.4 is 0 Å². The van der Waals surface area contributed by atoms with Gasteiger partial charge in [-0.1, -0.05) is 59.7 Å². The molecule has 22 heavy (non-hydrogen) atoms. The highest BCUT2D eigenvalue weighted by atomic mass is 15.1. The summed E-state index contributed by atoms with van der Waals surface area (Å²) in [7, 11) is 0. The smallest absolute Gasteiger partial charge is 0.0859 e. The Hall–Kier alpha value is -2.48. The van der Waals surface area contributed by atoms with Gasteiger partial charge < -0.3 is 0 Å². The molecule has 2 nitrogen and oxygen atoms in total. The van der Waals surface area contributed by atoms with E-state index in [9.17, 15) is 0 Å². The standard InChI is InChI=1S/C20H20N2/c1-15-12-18(13-16(15)2)20-11-7-6-8-17(20)14-21-22-19-9-4-3-5-10-19/h3-12H,13-14H2,1-2H3. The van der Waals surface area contributed by atoms with E-state index in [1.54, 1.807) is 0 Å². The second-order valence-corrected chi connectivity index (χ2v) is 5.70. The Morgan fingerprint density at radius 1 is 0.909 bits per heavy atom. The lowest BCUT2D eigenvalue weighted by Gasteiger charge is -2.08. The summed E-state index contributed by atoms with van der Waals surface area (Å²) in [6.07, 6.45) is 3.33. The van der Waals surface area contributed by atoms with Crippen LogP contribution in [0.2, 0.25) is 0 Å². The van der Waals surface area contributed by atoms with Crippen LogP contribution in [0.25, 0.3) is 5.57 Å². The van der Waals surface area contributed by atoms with Gasteiger partial charge in [0.1, 0.15) is 0 Å². The maximum absolute atomic E-state index is 4.37.